The van der Waals surface area contributed by atoms with Gasteiger partial charge >= 0.3 is 0 Å². The van der Waals surface area contributed by atoms with Crippen LogP contribution in [0.25, 0.3) is 0 Å². The van der Waals surface area contributed by atoms with Crippen molar-refractivity contribution >= 4 is 23.1 Å². The molecule has 0 aliphatic heterocycles. The Morgan fingerprint density at radius 3 is 2.65 bits per heavy atom. The van der Waals surface area contributed by atoms with Gasteiger partial charge in [0.25, 0.3) is 0 Å². The topological polar surface area (TPSA) is 49.2 Å². The number of hydrogen-bond donors (Lipinski definition) is 1. The van der Waals surface area contributed by atoms with E-state index in [1.54, 1.807) is 0 Å². The normalized spacial score (nSPS) is 12.8. The van der Waals surface area contributed by atoms with Crippen LogP contribution in [0.2, 0.25) is 4.34 Å². The third kappa shape index (κ3) is 4.24. The van der Waals surface area contributed by atoms with Gasteiger partial charge in [0.05, 0.1) is 0 Å². The lowest BCUT2D eigenvalue weighted by molar-refractivity contribution is 0.152. The van der Waals surface area contributed by atoms with Crippen LogP contribution in [0.4, 0.5) is 0 Å². The average molecular weight is 312 g/mol. The van der Waals surface area contributed by atoms with Crippen molar-refractivity contribution in [3.8, 4) is 0 Å². The van der Waals surface area contributed by atoms with E-state index in [-0.39, 0.29) is 12.6 Å². The van der Waals surface area contributed by atoms with Crippen molar-refractivity contribution in [2.45, 2.75) is 32.5 Å². The van der Waals surface area contributed by atoms with Crippen molar-refractivity contribution in [1.29, 1.82) is 0 Å². The summed E-state index contributed by atoms with van der Waals surface area (Å²) >= 11 is 7.29. The van der Waals surface area contributed by atoms with Crippen LogP contribution in [0, 0.1) is 0 Å². The molecule has 0 radical (unpaired) electrons. The second-order valence-electron chi connectivity index (χ2n) is 4.75. The SMILES string of the molecule is CC(CCO)N(Cc1ccccc1)Cc1nnsc1Cl. The lowest BCUT2D eigenvalue weighted by atomic mass is 10.1. The van der Waals surface area contributed by atoms with Gasteiger partial charge in [-0.25, -0.2) is 0 Å². The third-order valence-corrected chi connectivity index (χ3v) is 4.25. The molecule has 1 unspecified atom stereocenters. The number of hydrogen-bond acceptors (Lipinski definition) is 5. The molecule has 0 saturated heterocycles. The molecule has 1 heterocycles. The number of aromatic nitrogens is 2. The van der Waals surface area contributed by atoms with E-state index in [0.717, 1.165) is 18.7 Å². The first-order chi connectivity index (χ1) is 9.70. The minimum atomic E-state index is 0.176. The summed E-state index contributed by atoms with van der Waals surface area (Å²) in [6, 6.07) is 10.5. The number of aliphatic hydroxyl groups is 1. The average Bonchev–Trinajstić information content (AvgIpc) is 2.85. The van der Waals surface area contributed by atoms with Crippen molar-refractivity contribution in [2.24, 2.45) is 0 Å². The summed E-state index contributed by atoms with van der Waals surface area (Å²) in [5.41, 5.74) is 2.04. The Morgan fingerprint density at radius 1 is 1.30 bits per heavy atom. The molecule has 0 amide bonds. The largest absolute Gasteiger partial charge is 0.396 e. The zero-order chi connectivity index (χ0) is 14.4. The number of aliphatic hydroxyl groups excluding tert-OH is 1. The van der Waals surface area contributed by atoms with Gasteiger partial charge in [0.15, 0.2) is 0 Å². The van der Waals surface area contributed by atoms with E-state index in [0.29, 0.717) is 10.9 Å². The summed E-state index contributed by atoms with van der Waals surface area (Å²) in [6.45, 7) is 3.73. The van der Waals surface area contributed by atoms with E-state index in [1.165, 1.54) is 17.1 Å². The molecule has 0 aliphatic rings. The quantitative estimate of drug-likeness (QED) is 0.854. The van der Waals surface area contributed by atoms with Crippen LogP contribution in [-0.4, -0.2) is 32.2 Å². The molecule has 1 N–H and O–H groups in total. The van der Waals surface area contributed by atoms with Crippen LogP contribution >= 0.6 is 23.1 Å². The first kappa shape index (κ1) is 15.4. The van der Waals surface area contributed by atoms with Crippen LogP contribution in [-0.2, 0) is 13.1 Å². The molecule has 0 fully saturated rings. The highest BCUT2D eigenvalue weighted by Gasteiger charge is 2.17. The van der Waals surface area contributed by atoms with Gasteiger partial charge in [0.2, 0.25) is 0 Å². The molecule has 20 heavy (non-hydrogen) atoms. The van der Waals surface area contributed by atoms with Crippen molar-refractivity contribution in [3.05, 3.63) is 45.9 Å². The van der Waals surface area contributed by atoms with Gasteiger partial charge < -0.3 is 5.11 Å². The second-order valence-corrected chi connectivity index (χ2v) is 6.10. The van der Waals surface area contributed by atoms with Gasteiger partial charge in [0, 0.05) is 37.3 Å². The molecule has 2 aromatic rings. The van der Waals surface area contributed by atoms with Crippen molar-refractivity contribution in [3.63, 3.8) is 0 Å². The van der Waals surface area contributed by atoms with Crippen LogP contribution in [0.1, 0.15) is 24.6 Å². The Bertz CT molecular complexity index is 520. The molecule has 0 spiro atoms. The Morgan fingerprint density at radius 2 is 2.05 bits per heavy atom. The van der Waals surface area contributed by atoms with Crippen molar-refractivity contribution < 1.29 is 5.11 Å². The number of benzene rings is 1. The molecule has 0 aliphatic carbocycles. The smallest absolute Gasteiger partial charge is 0.138 e. The van der Waals surface area contributed by atoms with E-state index in [2.05, 4.69) is 33.5 Å². The standard InChI is InChI=1S/C14H18ClN3OS/c1-11(7-8-19)18(9-12-5-3-2-4-6-12)10-13-14(15)20-17-16-13/h2-6,11,19H,7-10H2,1H3. The fraction of sp³-hybridized carbons (Fsp3) is 0.429. The molecule has 6 heteroatoms. The molecule has 1 aromatic carbocycles. The zero-order valence-corrected chi connectivity index (χ0v) is 12.9. The highest BCUT2D eigenvalue weighted by molar-refractivity contribution is 7.10. The number of halogens is 1. The summed E-state index contributed by atoms with van der Waals surface area (Å²) < 4.78 is 4.51. The van der Waals surface area contributed by atoms with Crippen LogP contribution < -0.4 is 0 Å². The maximum atomic E-state index is 9.15. The van der Waals surface area contributed by atoms with Gasteiger partial charge in [-0.1, -0.05) is 46.4 Å². The Hall–Kier alpha value is -1.01. The predicted molar refractivity (Wildman–Crippen MR) is 81.8 cm³/mol. The maximum Gasteiger partial charge on any atom is 0.138 e. The first-order valence-corrected chi connectivity index (χ1v) is 7.71. The van der Waals surface area contributed by atoms with E-state index in [1.807, 2.05) is 18.2 Å². The van der Waals surface area contributed by atoms with Gasteiger partial charge in [-0.3, -0.25) is 4.90 Å². The summed E-state index contributed by atoms with van der Waals surface area (Å²) in [5.74, 6) is 0. The maximum absolute atomic E-state index is 9.15. The second kappa shape index (κ2) is 7.69. The highest BCUT2D eigenvalue weighted by Crippen LogP contribution is 2.21. The van der Waals surface area contributed by atoms with Crippen LogP contribution in [0.15, 0.2) is 30.3 Å². The lowest BCUT2D eigenvalue weighted by Gasteiger charge is -2.28. The van der Waals surface area contributed by atoms with Crippen LogP contribution in [0.3, 0.4) is 0 Å². The van der Waals surface area contributed by atoms with E-state index < -0.39 is 0 Å². The van der Waals surface area contributed by atoms with Crippen LogP contribution in [0.5, 0.6) is 0 Å². The van der Waals surface area contributed by atoms with Gasteiger partial charge in [-0.15, -0.1) is 5.10 Å². The fourth-order valence-corrected chi connectivity index (χ4v) is 2.65. The highest BCUT2D eigenvalue weighted by atomic mass is 35.5. The summed E-state index contributed by atoms with van der Waals surface area (Å²) in [5, 5.41) is 13.2. The molecule has 1 atom stereocenters. The predicted octanol–water partition coefficient (Wildman–Crippen LogP) is 2.96. The van der Waals surface area contributed by atoms with E-state index in [4.69, 9.17) is 16.7 Å². The Balaban J connectivity index is 2.10. The third-order valence-electron chi connectivity index (χ3n) is 3.26. The number of nitrogens with zero attached hydrogens (tertiary/aromatic N) is 3. The van der Waals surface area contributed by atoms with Gasteiger partial charge in [-0.2, -0.15) is 0 Å². The summed E-state index contributed by atoms with van der Waals surface area (Å²) in [7, 11) is 0. The molecule has 1 aromatic heterocycles. The Labute approximate surface area is 128 Å². The Kier molecular flexibility index (Phi) is 5.91. The van der Waals surface area contributed by atoms with Gasteiger partial charge in [-0.05, 0) is 18.9 Å². The summed E-state index contributed by atoms with van der Waals surface area (Å²) in [6.07, 6.45) is 0.724. The molecule has 4 nitrogen and oxygen atoms in total. The fourth-order valence-electron chi connectivity index (χ4n) is 2.04. The molecule has 108 valence electrons. The first-order valence-electron chi connectivity index (χ1n) is 6.56. The van der Waals surface area contributed by atoms with Gasteiger partial charge in [0.1, 0.15) is 10.0 Å². The van der Waals surface area contributed by atoms with Crippen molar-refractivity contribution in [2.75, 3.05) is 6.61 Å². The van der Waals surface area contributed by atoms with E-state index in [9.17, 15) is 0 Å². The lowest BCUT2D eigenvalue weighted by Crippen LogP contribution is -2.33. The zero-order valence-electron chi connectivity index (χ0n) is 11.4. The van der Waals surface area contributed by atoms with E-state index >= 15 is 0 Å². The molecular weight excluding hydrogens is 294 g/mol. The minimum absolute atomic E-state index is 0.176. The minimum Gasteiger partial charge on any atom is -0.396 e. The number of rotatable bonds is 7. The molecular formula is C14H18ClN3OS. The molecule has 2 rings (SSSR count). The molecule has 0 bridgehead atoms. The summed E-state index contributed by atoms with van der Waals surface area (Å²) in [4.78, 5) is 2.26. The van der Waals surface area contributed by atoms with Crippen molar-refractivity contribution in [1.82, 2.24) is 14.5 Å². The molecule has 0 saturated carbocycles. The monoisotopic (exact) mass is 311 g/mol.